The third-order valence-electron chi connectivity index (χ3n) is 5.71. The van der Waals surface area contributed by atoms with Crippen molar-refractivity contribution in [1.82, 2.24) is 9.78 Å². The SMILES string of the molecule is CN1C(=O)[C@@]2(CC(=O)Nc3c2cnn3Cc2ccccc2Cl)c2ccc(F)cc21. The van der Waals surface area contributed by atoms with Gasteiger partial charge in [-0.1, -0.05) is 35.9 Å². The highest BCUT2D eigenvalue weighted by molar-refractivity contribution is 6.31. The third kappa shape index (κ3) is 2.43. The Balaban J connectivity index is 1.69. The molecular formula is C21H16ClFN4O2. The predicted octanol–water partition coefficient (Wildman–Crippen LogP) is 3.33. The second-order valence-electron chi connectivity index (χ2n) is 7.31. The molecule has 0 aliphatic carbocycles. The van der Waals surface area contributed by atoms with E-state index < -0.39 is 11.2 Å². The molecule has 0 fully saturated rings. The van der Waals surface area contributed by atoms with Gasteiger partial charge in [0.1, 0.15) is 17.1 Å². The quantitative estimate of drug-likeness (QED) is 0.704. The number of rotatable bonds is 2. The molecule has 3 heterocycles. The minimum atomic E-state index is -1.21. The number of aromatic nitrogens is 2. The van der Waals surface area contributed by atoms with Gasteiger partial charge in [0.25, 0.3) is 0 Å². The van der Waals surface area contributed by atoms with Crippen LogP contribution in [-0.4, -0.2) is 28.6 Å². The van der Waals surface area contributed by atoms with Crippen molar-refractivity contribution in [2.24, 2.45) is 0 Å². The molecule has 2 aliphatic rings. The Labute approximate surface area is 170 Å². The van der Waals surface area contributed by atoms with Gasteiger partial charge >= 0.3 is 0 Å². The van der Waals surface area contributed by atoms with Crippen LogP contribution >= 0.6 is 11.6 Å². The van der Waals surface area contributed by atoms with Crippen molar-refractivity contribution in [3.8, 4) is 0 Å². The molecule has 3 aromatic rings. The van der Waals surface area contributed by atoms with Gasteiger partial charge in [-0.2, -0.15) is 5.10 Å². The first-order chi connectivity index (χ1) is 13.9. The Bertz CT molecular complexity index is 1190. The van der Waals surface area contributed by atoms with Gasteiger partial charge in [-0.05, 0) is 29.3 Å². The van der Waals surface area contributed by atoms with E-state index in [0.29, 0.717) is 34.2 Å². The maximum atomic E-state index is 13.8. The van der Waals surface area contributed by atoms with E-state index in [1.165, 1.54) is 17.0 Å². The molecule has 1 spiro atoms. The largest absolute Gasteiger partial charge is 0.314 e. The molecule has 2 aliphatic heterocycles. The monoisotopic (exact) mass is 410 g/mol. The van der Waals surface area contributed by atoms with E-state index in [1.807, 2.05) is 18.2 Å². The lowest BCUT2D eigenvalue weighted by Crippen LogP contribution is -2.45. The minimum Gasteiger partial charge on any atom is -0.314 e. The van der Waals surface area contributed by atoms with Crippen molar-refractivity contribution >= 4 is 34.9 Å². The third-order valence-corrected chi connectivity index (χ3v) is 6.08. The molecule has 8 heteroatoms. The molecular weight excluding hydrogens is 395 g/mol. The summed E-state index contributed by atoms with van der Waals surface area (Å²) in [5, 5.41) is 7.88. The van der Waals surface area contributed by atoms with E-state index in [0.717, 1.165) is 5.56 Å². The molecule has 0 radical (unpaired) electrons. The lowest BCUT2D eigenvalue weighted by atomic mass is 9.72. The number of anilines is 2. The second-order valence-corrected chi connectivity index (χ2v) is 7.72. The molecule has 1 atom stereocenters. The van der Waals surface area contributed by atoms with Crippen molar-refractivity contribution in [2.75, 3.05) is 17.3 Å². The molecule has 2 aromatic carbocycles. The fourth-order valence-electron chi connectivity index (χ4n) is 4.33. The Kier molecular flexibility index (Phi) is 3.79. The zero-order valence-electron chi connectivity index (χ0n) is 15.4. The molecule has 1 N–H and O–H groups in total. The highest BCUT2D eigenvalue weighted by Gasteiger charge is 2.56. The molecule has 1 aromatic heterocycles. The number of fused-ring (bicyclic) bond motifs is 4. The summed E-state index contributed by atoms with van der Waals surface area (Å²) >= 11 is 6.27. The van der Waals surface area contributed by atoms with Crippen molar-refractivity contribution < 1.29 is 14.0 Å². The molecule has 2 amide bonds. The van der Waals surface area contributed by atoms with Crippen LogP contribution in [0, 0.1) is 5.82 Å². The summed E-state index contributed by atoms with van der Waals surface area (Å²) in [7, 11) is 1.59. The van der Waals surface area contributed by atoms with Gasteiger partial charge in [-0.3, -0.25) is 9.59 Å². The van der Waals surface area contributed by atoms with Gasteiger partial charge in [-0.15, -0.1) is 0 Å². The fourth-order valence-corrected chi connectivity index (χ4v) is 4.53. The van der Waals surface area contributed by atoms with Crippen molar-refractivity contribution in [2.45, 2.75) is 18.4 Å². The average molecular weight is 411 g/mol. The molecule has 0 unspecified atom stereocenters. The topological polar surface area (TPSA) is 67.2 Å². The number of benzene rings is 2. The number of amides is 2. The molecule has 0 saturated heterocycles. The van der Waals surface area contributed by atoms with Crippen LogP contribution < -0.4 is 10.2 Å². The summed E-state index contributed by atoms with van der Waals surface area (Å²) < 4.78 is 15.5. The van der Waals surface area contributed by atoms with Gasteiger partial charge in [0.2, 0.25) is 11.8 Å². The molecule has 0 saturated carbocycles. The Hall–Kier alpha value is -3.19. The van der Waals surface area contributed by atoms with Gasteiger partial charge in [-0.25, -0.2) is 9.07 Å². The lowest BCUT2D eigenvalue weighted by Gasteiger charge is -2.32. The summed E-state index contributed by atoms with van der Waals surface area (Å²) in [5.74, 6) is -0.542. The summed E-state index contributed by atoms with van der Waals surface area (Å²) in [6.07, 6.45) is 1.55. The number of nitrogens with one attached hydrogen (secondary N) is 1. The standard InChI is InChI=1S/C21H16ClFN4O2/c1-26-17-8-13(23)6-7-14(17)21(20(26)29)9-18(28)25-19-15(21)10-24-27(19)11-12-4-2-3-5-16(12)22/h2-8,10H,9,11H2,1H3,(H,25,28)/t21-/m0/s1. The van der Waals surface area contributed by atoms with Crippen molar-refractivity contribution in [3.05, 3.63) is 76.2 Å². The van der Waals surface area contributed by atoms with Gasteiger partial charge in [0.15, 0.2) is 0 Å². The Morgan fingerprint density at radius 2 is 2.00 bits per heavy atom. The predicted molar refractivity (Wildman–Crippen MR) is 107 cm³/mol. The maximum Gasteiger partial charge on any atom is 0.242 e. The highest BCUT2D eigenvalue weighted by atomic mass is 35.5. The first-order valence-corrected chi connectivity index (χ1v) is 9.47. The van der Waals surface area contributed by atoms with Crippen LogP contribution in [0.2, 0.25) is 5.02 Å². The number of nitrogens with zero attached hydrogens (tertiary/aromatic N) is 3. The van der Waals surface area contributed by atoms with Crippen LogP contribution in [0.25, 0.3) is 0 Å². The molecule has 0 bridgehead atoms. The first kappa shape index (κ1) is 17.9. The summed E-state index contributed by atoms with van der Waals surface area (Å²) in [5.41, 5.74) is 1.31. The van der Waals surface area contributed by atoms with E-state index >= 15 is 0 Å². The van der Waals surface area contributed by atoms with E-state index in [9.17, 15) is 14.0 Å². The number of carbonyl (C=O) groups excluding carboxylic acids is 2. The maximum absolute atomic E-state index is 13.8. The van der Waals surface area contributed by atoms with Crippen LogP contribution in [0.1, 0.15) is 23.1 Å². The fraction of sp³-hybridized carbons (Fsp3) is 0.190. The molecule has 146 valence electrons. The van der Waals surface area contributed by atoms with E-state index in [-0.39, 0.29) is 18.2 Å². The lowest BCUT2D eigenvalue weighted by molar-refractivity contribution is -0.126. The normalized spacial score (nSPS) is 20.0. The molecule has 5 rings (SSSR count). The van der Waals surface area contributed by atoms with Crippen LogP contribution in [-0.2, 0) is 21.5 Å². The number of hydrogen-bond donors (Lipinski definition) is 1. The number of hydrogen-bond acceptors (Lipinski definition) is 3. The summed E-state index contributed by atoms with van der Waals surface area (Å²) in [4.78, 5) is 27.4. The second kappa shape index (κ2) is 6.15. The first-order valence-electron chi connectivity index (χ1n) is 9.09. The van der Waals surface area contributed by atoms with Crippen LogP contribution in [0.3, 0.4) is 0 Å². The van der Waals surface area contributed by atoms with Gasteiger partial charge < -0.3 is 10.2 Å². The Morgan fingerprint density at radius 3 is 2.79 bits per heavy atom. The van der Waals surface area contributed by atoms with Crippen molar-refractivity contribution in [3.63, 3.8) is 0 Å². The van der Waals surface area contributed by atoms with Crippen LogP contribution in [0.5, 0.6) is 0 Å². The number of likely N-dealkylation sites (N-methyl/N-ethyl adjacent to an activating group) is 1. The highest BCUT2D eigenvalue weighted by Crippen LogP contribution is 2.51. The average Bonchev–Trinajstić information content (AvgIpc) is 3.18. The van der Waals surface area contributed by atoms with Crippen molar-refractivity contribution in [1.29, 1.82) is 0 Å². The van der Waals surface area contributed by atoms with E-state index in [4.69, 9.17) is 11.6 Å². The van der Waals surface area contributed by atoms with Gasteiger partial charge in [0.05, 0.1) is 18.4 Å². The Morgan fingerprint density at radius 1 is 1.21 bits per heavy atom. The molecule has 6 nitrogen and oxygen atoms in total. The van der Waals surface area contributed by atoms with Gasteiger partial charge in [0, 0.05) is 24.1 Å². The van der Waals surface area contributed by atoms with E-state index in [1.54, 1.807) is 30.1 Å². The smallest absolute Gasteiger partial charge is 0.242 e. The van der Waals surface area contributed by atoms with Crippen LogP contribution in [0.15, 0.2) is 48.7 Å². The molecule has 29 heavy (non-hydrogen) atoms. The summed E-state index contributed by atoms with van der Waals surface area (Å²) in [6.45, 7) is 0.339. The van der Waals surface area contributed by atoms with E-state index in [2.05, 4.69) is 10.4 Å². The summed E-state index contributed by atoms with van der Waals surface area (Å²) in [6, 6.07) is 11.6. The number of halogens is 2. The number of carbonyl (C=O) groups is 2. The minimum absolute atomic E-state index is 0.0560. The zero-order valence-corrected chi connectivity index (χ0v) is 16.2. The van der Waals surface area contributed by atoms with Crippen LogP contribution in [0.4, 0.5) is 15.9 Å². The zero-order chi connectivity index (χ0) is 20.3.